The van der Waals surface area contributed by atoms with E-state index in [-0.39, 0.29) is 35.7 Å². The fraction of sp³-hybridized carbons (Fsp3) is 0.176. The van der Waals surface area contributed by atoms with Gasteiger partial charge in [0.25, 0.3) is 11.8 Å². The predicted octanol–water partition coefficient (Wildman–Crippen LogP) is 2.90. The summed E-state index contributed by atoms with van der Waals surface area (Å²) >= 11 is 5.56. The number of amides is 2. The Hall–Kier alpha value is -2.80. The van der Waals surface area contributed by atoms with Crippen LogP contribution in [0.25, 0.3) is 0 Å². The van der Waals surface area contributed by atoms with Crippen LogP contribution in [0.3, 0.4) is 0 Å². The molecule has 0 aliphatic rings. The molecule has 1 aromatic carbocycles. The van der Waals surface area contributed by atoms with E-state index in [1.165, 1.54) is 30.7 Å². The molecule has 2 amide bonds. The fourth-order valence-corrected chi connectivity index (χ4v) is 1.93. The van der Waals surface area contributed by atoms with Crippen molar-refractivity contribution in [2.24, 2.45) is 0 Å². The predicted molar refractivity (Wildman–Crippen MR) is 89.8 cm³/mol. The first-order valence-corrected chi connectivity index (χ1v) is 7.69. The van der Waals surface area contributed by atoms with Gasteiger partial charge in [-0.1, -0.05) is 18.2 Å². The Balaban J connectivity index is 1.65. The van der Waals surface area contributed by atoms with Crippen LogP contribution in [-0.2, 0) is 4.79 Å². The van der Waals surface area contributed by atoms with Crippen molar-refractivity contribution in [3.63, 3.8) is 0 Å². The maximum atomic E-state index is 13.2. The van der Waals surface area contributed by atoms with Crippen LogP contribution in [0.1, 0.15) is 16.8 Å². The zero-order valence-electron chi connectivity index (χ0n) is 13.2. The molecule has 0 saturated heterocycles. The van der Waals surface area contributed by atoms with Gasteiger partial charge in [-0.2, -0.15) is 0 Å². The normalized spacial score (nSPS) is 10.2. The third-order valence-corrected chi connectivity index (χ3v) is 3.39. The Morgan fingerprint density at radius 2 is 2.12 bits per heavy atom. The summed E-state index contributed by atoms with van der Waals surface area (Å²) in [4.78, 5) is 23.4. The molecular weight excluding hydrogens is 351 g/mol. The Labute approximate surface area is 148 Å². The number of rotatable bonds is 8. The largest absolute Gasteiger partial charge is 0.484 e. The first kappa shape index (κ1) is 18.5. The zero-order chi connectivity index (χ0) is 18.2. The minimum absolute atomic E-state index is 0.0206. The van der Waals surface area contributed by atoms with E-state index in [4.69, 9.17) is 20.8 Å². The molecule has 0 aliphatic carbocycles. The molecule has 2 aromatic rings. The highest BCUT2D eigenvalue weighted by atomic mass is 35.5. The van der Waals surface area contributed by atoms with E-state index >= 15 is 0 Å². The molecule has 0 aliphatic heterocycles. The van der Waals surface area contributed by atoms with Crippen LogP contribution in [0.15, 0.2) is 53.5 Å². The third kappa shape index (κ3) is 5.96. The first-order chi connectivity index (χ1) is 12.0. The van der Waals surface area contributed by atoms with E-state index in [2.05, 4.69) is 17.2 Å². The standard InChI is InChI=1S/C17H16ClFN2O4/c1-11(21-17(23)12-5-7-24-9-12)4-6-20-16(22)10-25-13-2-3-14(18)15(19)8-13/h2-3,5,7-9H,1,4,6,10H2,(H,20,22)(H,21,23). The van der Waals surface area contributed by atoms with E-state index in [0.29, 0.717) is 17.7 Å². The van der Waals surface area contributed by atoms with E-state index in [0.717, 1.165) is 6.07 Å². The van der Waals surface area contributed by atoms with Gasteiger partial charge in [0, 0.05) is 24.7 Å². The molecule has 25 heavy (non-hydrogen) atoms. The van der Waals surface area contributed by atoms with E-state index in [1.807, 2.05) is 0 Å². The van der Waals surface area contributed by atoms with E-state index in [1.54, 1.807) is 0 Å². The highest BCUT2D eigenvalue weighted by Crippen LogP contribution is 2.20. The number of carbonyl (C=O) groups excluding carboxylic acids is 2. The van der Waals surface area contributed by atoms with Gasteiger partial charge in [0.2, 0.25) is 0 Å². The lowest BCUT2D eigenvalue weighted by molar-refractivity contribution is -0.123. The summed E-state index contributed by atoms with van der Waals surface area (Å²) in [5.74, 6) is -1.14. The lowest BCUT2D eigenvalue weighted by Gasteiger charge is -2.10. The second-order valence-corrected chi connectivity index (χ2v) is 5.44. The van der Waals surface area contributed by atoms with Gasteiger partial charge in [-0.25, -0.2) is 4.39 Å². The van der Waals surface area contributed by atoms with Gasteiger partial charge in [0.05, 0.1) is 16.8 Å². The van der Waals surface area contributed by atoms with Crippen molar-refractivity contribution in [2.75, 3.05) is 13.2 Å². The number of benzene rings is 1. The molecule has 6 nitrogen and oxygen atoms in total. The summed E-state index contributed by atoms with van der Waals surface area (Å²) in [7, 11) is 0. The summed E-state index contributed by atoms with van der Waals surface area (Å²) < 4.78 is 23.2. The summed E-state index contributed by atoms with van der Waals surface area (Å²) in [6, 6.07) is 5.44. The maximum absolute atomic E-state index is 13.2. The van der Waals surface area contributed by atoms with Crippen molar-refractivity contribution in [3.8, 4) is 5.75 Å². The Bertz CT molecular complexity index is 762. The van der Waals surface area contributed by atoms with Gasteiger partial charge in [-0.3, -0.25) is 9.59 Å². The fourth-order valence-electron chi connectivity index (χ4n) is 1.81. The molecule has 0 unspecified atom stereocenters. The maximum Gasteiger partial charge on any atom is 0.258 e. The summed E-state index contributed by atoms with van der Waals surface area (Å²) in [5.41, 5.74) is 0.834. The molecule has 0 spiro atoms. The molecule has 0 fully saturated rings. The molecule has 0 bridgehead atoms. The lowest BCUT2D eigenvalue weighted by atomic mass is 10.3. The quantitative estimate of drug-likeness (QED) is 0.752. The van der Waals surface area contributed by atoms with Gasteiger partial charge in [0.1, 0.15) is 17.8 Å². The van der Waals surface area contributed by atoms with Crippen molar-refractivity contribution in [3.05, 3.63) is 65.5 Å². The van der Waals surface area contributed by atoms with Gasteiger partial charge < -0.3 is 19.8 Å². The van der Waals surface area contributed by atoms with Gasteiger partial charge >= 0.3 is 0 Å². The smallest absolute Gasteiger partial charge is 0.258 e. The average Bonchev–Trinajstić information content (AvgIpc) is 3.10. The molecule has 132 valence electrons. The Kier molecular flexibility index (Phi) is 6.59. The van der Waals surface area contributed by atoms with Crippen molar-refractivity contribution < 1.29 is 23.1 Å². The number of hydrogen-bond donors (Lipinski definition) is 2. The molecule has 0 saturated carbocycles. The zero-order valence-corrected chi connectivity index (χ0v) is 13.9. The Morgan fingerprint density at radius 1 is 1.32 bits per heavy atom. The highest BCUT2D eigenvalue weighted by Gasteiger charge is 2.09. The monoisotopic (exact) mass is 366 g/mol. The number of carbonyl (C=O) groups is 2. The van der Waals surface area contributed by atoms with Gasteiger partial charge in [-0.15, -0.1) is 0 Å². The molecule has 1 heterocycles. The lowest BCUT2D eigenvalue weighted by Crippen LogP contribution is -2.31. The van der Waals surface area contributed by atoms with Crippen LogP contribution in [0.4, 0.5) is 4.39 Å². The Morgan fingerprint density at radius 3 is 2.80 bits per heavy atom. The van der Waals surface area contributed by atoms with Crippen LogP contribution in [0.2, 0.25) is 5.02 Å². The van der Waals surface area contributed by atoms with Crippen LogP contribution < -0.4 is 15.4 Å². The molecule has 8 heteroatoms. The van der Waals surface area contributed by atoms with Crippen LogP contribution in [-0.4, -0.2) is 25.0 Å². The number of furan rings is 1. The molecule has 1 aromatic heterocycles. The minimum Gasteiger partial charge on any atom is -0.484 e. The summed E-state index contributed by atoms with van der Waals surface area (Å²) in [6.45, 7) is 3.71. The van der Waals surface area contributed by atoms with Crippen molar-refractivity contribution in [2.45, 2.75) is 6.42 Å². The number of hydrogen-bond acceptors (Lipinski definition) is 4. The van der Waals surface area contributed by atoms with Crippen molar-refractivity contribution >= 4 is 23.4 Å². The molecule has 0 atom stereocenters. The van der Waals surface area contributed by atoms with Gasteiger partial charge in [-0.05, 0) is 18.2 Å². The number of ether oxygens (including phenoxy) is 1. The minimum atomic E-state index is -0.621. The van der Waals surface area contributed by atoms with Crippen molar-refractivity contribution in [1.82, 2.24) is 10.6 Å². The van der Waals surface area contributed by atoms with Crippen LogP contribution >= 0.6 is 11.6 Å². The second-order valence-electron chi connectivity index (χ2n) is 5.03. The summed E-state index contributed by atoms with van der Waals surface area (Å²) in [5, 5.41) is 5.18. The molecule has 2 N–H and O–H groups in total. The highest BCUT2D eigenvalue weighted by molar-refractivity contribution is 6.30. The topological polar surface area (TPSA) is 80.6 Å². The van der Waals surface area contributed by atoms with E-state index < -0.39 is 5.82 Å². The van der Waals surface area contributed by atoms with Crippen molar-refractivity contribution in [1.29, 1.82) is 0 Å². The number of nitrogens with one attached hydrogen (secondary N) is 2. The first-order valence-electron chi connectivity index (χ1n) is 7.31. The second kappa shape index (κ2) is 8.89. The molecular formula is C17H16ClFN2O4. The van der Waals surface area contributed by atoms with Crippen LogP contribution in [0.5, 0.6) is 5.75 Å². The van der Waals surface area contributed by atoms with Gasteiger partial charge in [0.15, 0.2) is 6.61 Å². The molecule has 2 rings (SSSR count). The molecule has 0 radical (unpaired) electrons. The van der Waals surface area contributed by atoms with Crippen LogP contribution in [0, 0.1) is 5.82 Å². The third-order valence-electron chi connectivity index (χ3n) is 3.08. The number of halogens is 2. The van der Waals surface area contributed by atoms with E-state index in [9.17, 15) is 14.0 Å². The summed E-state index contributed by atoms with van der Waals surface area (Å²) in [6.07, 6.45) is 3.07. The SMILES string of the molecule is C=C(CCNC(=O)COc1ccc(Cl)c(F)c1)NC(=O)c1ccoc1. The average molecular weight is 367 g/mol.